The van der Waals surface area contributed by atoms with Gasteiger partial charge in [0.25, 0.3) is 0 Å². The van der Waals surface area contributed by atoms with Gasteiger partial charge >= 0.3 is 6.03 Å². The lowest BCUT2D eigenvalue weighted by atomic mass is 10.0. The fourth-order valence-electron chi connectivity index (χ4n) is 3.23. The monoisotopic (exact) mass is 477 g/mol. The Kier molecular flexibility index (Phi) is 6.85. The van der Waals surface area contributed by atoms with Crippen molar-refractivity contribution >= 4 is 46.2 Å². The number of rotatable bonds is 6. The summed E-state index contributed by atoms with van der Waals surface area (Å²) in [5.41, 5.74) is 2.13. The molecule has 170 valence electrons. The zero-order valence-electron chi connectivity index (χ0n) is 17.6. The van der Waals surface area contributed by atoms with E-state index in [4.69, 9.17) is 11.6 Å². The van der Waals surface area contributed by atoms with E-state index in [-0.39, 0.29) is 22.1 Å². The first kappa shape index (κ1) is 22.9. The minimum atomic E-state index is -0.753. The van der Waals surface area contributed by atoms with Crippen LogP contribution in [0.25, 0.3) is 0 Å². The van der Waals surface area contributed by atoms with Crippen LogP contribution < -0.4 is 16.0 Å². The maximum atomic E-state index is 13.9. The molecule has 0 aliphatic carbocycles. The third kappa shape index (κ3) is 5.57. The van der Waals surface area contributed by atoms with Gasteiger partial charge in [0.2, 0.25) is 0 Å². The fraction of sp³-hybridized carbons (Fsp3) is 0. The van der Waals surface area contributed by atoms with Crippen molar-refractivity contribution in [2.45, 2.75) is 0 Å². The lowest BCUT2D eigenvalue weighted by Gasteiger charge is -2.11. The Bertz CT molecular complexity index is 1360. The van der Waals surface area contributed by atoms with Crippen molar-refractivity contribution in [1.29, 1.82) is 0 Å². The highest BCUT2D eigenvalue weighted by molar-refractivity contribution is 6.35. The number of nitrogens with one attached hydrogen (secondary N) is 3. The lowest BCUT2D eigenvalue weighted by Crippen LogP contribution is -2.19. The maximum Gasteiger partial charge on any atom is 0.323 e. The van der Waals surface area contributed by atoms with Crippen molar-refractivity contribution < 1.29 is 18.4 Å². The third-order valence-electron chi connectivity index (χ3n) is 4.84. The predicted octanol–water partition coefficient (Wildman–Crippen LogP) is 7.24. The van der Waals surface area contributed by atoms with Crippen LogP contribution in [-0.4, -0.2) is 11.8 Å². The molecule has 0 saturated carbocycles. The highest BCUT2D eigenvalue weighted by Crippen LogP contribution is 2.27. The summed E-state index contributed by atoms with van der Waals surface area (Å²) in [6, 6.07) is 22.7. The first-order valence-electron chi connectivity index (χ1n) is 10.2. The Morgan fingerprint density at radius 1 is 0.706 bits per heavy atom. The second-order valence-electron chi connectivity index (χ2n) is 7.30. The molecule has 0 aliphatic rings. The predicted molar refractivity (Wildman–Crippen MR) is 130 cm³/mol. The Labute approximate surface area is 199 Å². The number of carbonyl (C=O) groups excluding carboxylic acids is 2. The van der Waals surface area contributed by atoms with Gasteiger partial charge in [-0.05, 0) is 54.6 Å². The second kappa shape index (κ2) is 10.1. The number of hydrogen-bond acceptors (Lipinski definition) is 3. The molecule has 5 nitrogen and oxygen atoms in total. The van der Waals surface area contributed by atoms with Crippen LogP contribution >= 0.6 is 11.6 Å². The molecule has 2 amide bonds. The van der Waals surface area contributed by atoms with Crippen molar-refractivity contribution in [3.63, 3.8) is 0 Å². The molecule has 0 radical (unpaired) electrons. The van der Waals surface area contributed by atoms with Crippen LogP contribution in [0.4, 0.5) is 36.3 Å². The lowest BCUT2D eigenvalue weighted by molar-refractivity contribution is 0.103. The number of amides is 2. The molecule has 0 bridgehead atoms. The summed E-state index contributed by atoms with van der Waals surface area (Å²) in [5.74, 6) is -1.79. The van der Waals surface area contributed by atoms with Crippen LogP contribution in [0.15, 0.2) is 91.0 Å². The van der Waals surface area contributed by atoms with Crippen LogP contribution in [-0.2, 0) is 0 Å². The number of ketones is 1. The number of anilines is 4. The maximum absolute atomic E-state index is 13.9. The van der Waals surface area contributed by atoms with E-state index in [2.05, 4.69) is 16.0 Å². The minimum Gasteiger partial charge on any atom is -0.353 e. The molecule has 0 heterocycles. The zero-order valence-corrected chi connectivity index (χ0v) is 18.4. The zero-order chi connectivity index (χ0) is 24.1. The Hall–Kier alpha value is -4.23. The van der Waals surface area contributed by atoms with Crippen molar-refractivity contribution in [3.8, 4) is 0 Å². The standard InChI is InChI=1S/C26H18ClF2N3O2/c27-22-15-20(30-24-12-9-17(28)14-23(24)29)10-11-21(22)25(33)16-5-4-8-19(13-16)32-26(34)31-18-6-2-1-3-7-18/h1-15,30H,(H2,31,32,34). The van der Waals surface area contributed by atoms with Gasteiger partial charge in [-0.25, -0.2) is 13.6 Å². The number of urea groups is 1. The quantitative estimate of drug-likeness (QED) is 0.256. The van der Waals surface area contributed by atoms with Crippen LogP contribution in [0.3, 0.4) is 0 Å². The molecule has 0 unspecified atom stereocenters. The first-order valence-corrected chi connectivity index (χ1v) is 10.6. The Morgan fingerprint density at radius 2 is 1.44 bits per heavy atom. The van der Waals surface area contributed by atoms with E-state index in [1.54, 1.807) is 54.6 Å². The second-order valence-corrected chi connectivity index (χ2v) is 7.71. The van der Waals surface area contributed by atoms with E-state index in [0.717, 1.165) is 12.1 Å². The molecule has 0 aliphatic heterocycles. The molecular weight excluding hydrogens is 460 g/mol. The summed E-state index contributed by atoms with van der Waals surface area (Å²) in [4.78, 5) is 25.3. The van der Waals surface area contributed by atoms with E-state index in [1.807, 2.05) is 6.07 Å². The number of hydrogen-bond donors (Lipinski definition) is 3. The molecule has 4 rings (SSSR count). The molecule has 8 heteroatoms. The van der Waals surface area contributed by atoms with Gasteiger partial charge in [-0.1, -0.05) is 41.9 Å². The largest absolute Gasteiger partial charge is 0.353 e. The van der Waals surface area contributed by atoms with Crippen LogP contribution in [0.5, 0.6) is 0 Å². The van der Waals surface area contributed by atoms with Crippen molar-refractivity contribution in [2.24, 2.45) is 0 Å². The SMILES string of the molecule is O=C(Nc1ccccc1)Nc1cccc(C(=O)c2ccc(Nc3ccc(F)cc3F)cc2Cl)c1. The van der Waals surface area contributed by atoms with Crippen molar-refractivity contribution in [1.82, 2.24) is 0 Å². The van der Waals surface area contributed by atoms with Gasteiger partial charge in [-0.3, -0.25) is 4.79 Å². The Morgan fingerprint density at radius 3 is 2.18 bits per heavy atom. The van der Waals surface area contributed by atoms with Gasteiger partial charge < -0.3 is 16.0 Å². The van der Waals surface area contributed by atoms with E-state index in [1.165, 1.54) is 18.2 Å². The van der Waals surface area contributed by atoms with E-state index < -0.39 is 17.7 Å². The molecule has 34 heavy (non-hydrogen) atoms. The summed E-state index contributed by atoms with van der Waals surface area (Å²) in [7, 11) is 0. The third-order valence-corrected chi connectivity index (χ3v) is 5.15. The molecule has 0 saturated heterocycles. The number of benzene rings is 4. The summed E-state index contributed by atoms with van der Waals surface area (Å²) < 4.78 is 27.0. The van der Waals surface area contributed by atoms with Gasteiger partial charge in [0.05, 0.1) is 10.7 Å². The molecule has 0 fully saturated rings. The molecule has 0 atom stereocenters. The first-order chi connectivity index (χ1) is 16.4. The average Bonchev–Trinajstić information content (AvgIpc) is 2.81. The van der Waals surface area contributed by atoms with Gasteiger partial charge in [-0.15, -0.1) is 0 Å². The van der Waals surface area contributed by atoms with E-state index in [9.17, 15) is 18.4 Å². The van der Waals surface area contributed by atoms with Crippen molar-refractivity contribution in [3.05, 3.63) is 119 Å². The fourth-order valence-corrected chi connectivity index (χ4v) is 3.50. The summed E-state index contributed by atoms with van der Waals surface area (Å²) >= 11 is 6.33. The smallest absolute Gasteiger partial charge is 0.323 e. The van der Waals surface area contributed by atoms with Crippen LogP contribution in [0.2, 0.25) is 5.02 Å². The van der Waals surface area contributed by atoms with Gasteiger partial charge in [0, 0.05) is 34.3 Å². The summed E-state index contributed by atoms with van der Waals surface area (Å²) in [6.07, 6.45) is 0. The molecule has 4 aromatic carbocycles. The van der Waals surface area contributed by atoms with Gasteiger partial charge in [0.1, 0.15) is 11.6 Å². The van der Waals surface area contributed by atoms with E-state index in [0.29, 0.717) is 22.6 Å². The molecular formula is C26H18ClF2N3O2. The average molecular weight is 478 g/mol. The normalized spacial score (nSPS) is 10.4. The highest BCUT2D eigenvalue weighted by Gasteiger charge is 2.15. The van der Waals surface area contributed by atoms with Gasteiger partial charge in [-0.2, -0.15) is 0 Å². The molecule has 3 N–H and O–H groups in total. The number of para-hydroxylation sites is 1. The van der Waals surface area contributed by atoms with Gasteiger partial charge in [0.15, 0.2) is 5.78 Å². The topological polar surface area (TPSA) is 70.2 Å². The summed E-state index contributed by atoms with van der Waals surface area (Å²) in [6.45, 7) is 0. The number of carbonyl (C=O) groups is 2. The van der Waals surface area contributed by atoms with Crippen LogP contribution in [0.1, 0.15) is 15.9 Å². The molecule has 4 aromatic rings. The molecule has 0 aromatic heterocycles. The van der Waals surface area contributed by atoms with Crippen molar-refractivity contribution in [2.75, 3.05) is 16.0 Å². The highest BCUT2D eigenvalue weighted by atomic mass is 35.5. The molecule has 0 spiro atoms. The Balaban J connectivity index is 1.47. The minimum absolute atomic E-state index is 0.0732. The van der Waals surface area contributed by atoms with E-state index >= 15 is 0 Å². The summed E-state index contributed by atoms with van der Waals surface area (Å²) in [5, 5.41) is 8.35. The van der Waals surface area contributed by atoms with Crippen LogP contribution in [0, 0.1) is 11.6 Å². The number of halogens is 3.